The van der Waals surface area contributed by atoms with Gasteiger partial charge in [-0.2, -0.15) is 0 Å². The summed E-state index contributed by atoms with van der Waals surface area (Å²) in [6.07, 6.45) is 0.844. The zero-order chi connectivity index (χ0) is 11.0. The maximum absolute atomic E-state index is 13.7. The van der Waals surface area contributed by atoms with Crippen molar-refractivity contribution in [3.05, 3.63) is 65.0 Å². The van der Waals surface area contributed by atoms with Gasteiger partial charge in [0.05, 0.1) is 0 Å². The Morgan fingerprint density at radius 1 is 0.938 bits per heavy atom. The van der Waals surface area contributed by atoms with E-state index in [9.17, 15) is 4.39 Å². The van der Waals surface area contributed by atoms with E-state index in [4.69, 9.17) is 0 Å². The Labute approximate surface area is 98.5 Å². The van der Waals surface area contributed by atoms with E-state index in [1.54, 1.807) is 23.9 Å². The SMILES string of the molecule is Fc1cccc2c1CSc1ccccc1C2. The zero-order valence-corrected chi connectivity index (χ0v) is 9.56. The number of halogens is 1. The van der Waals surface area contributed by atoms with Crippen LogP contribution in [0.5, 0.6) is 0 Å². The van der Waals surface area contributed by atoms with Crippen molar-refractivity contribution in [1.82, 2.24) is 0 Å². The predicted molar refractivity (Wildman–Crippen MR) is 65.2 cm³/mol. The Morgan fingerprint density at radius 3 is 2.69 bits per heavy atom. The second-order valence-electron chi connectivity index (χ2n) is 3.95. The third-order valence-electron chi connectivity index (χ3n) is 2.94. The van der Waals surface area contributed by atoms with Gasteiger partial charge in [0.15, 0.2) is 0 Å². The van der Waals surface area contributed by atoms with E-state index in [0.29, 0.717) is 0 Å². The molecule has 0 unspecified atom stereocenters. The van der Waals surface area contributed by atoms with E-state index < -0.39 is 0 Å². The second kappa shape index (κ2) is 3.95. The number of benzene rings is 2. The van der Waals surface area contributed by atoms with E-state index >= 15 is 0 Å². The molecule has 80 valence electrons. The minimum Gasteiger partial charge on any atom is -0.207 e. The van der Waals surface area contributed by atoms with Gasteiger partial charge in [-0.25, -0.2) is 4.39 Å². The lowest BCUT2D eigenvalue weighted by molar-refractivity contribution is 0.615. The Bertz CT molecular complexity index is 534. The molecule has 0 radical (unpaired) electrons. The average molecular weight is 230 g/mol. The summed E-state index contributed by atoms with van der Waals surface area (Å²) >= 11 is 1.73. The third kappa shape index (κ3) is 1.63. The van der Waals surface area contributed by atoms with Gasteiger partial charge < -0.3 is 0 Å². The smallest absolute Gasteiger partial charge is 0.127 e. The molecule has 0 N–H and O–H groups in total. The molecule has 0 nitrogen and oxygen atoms in total. The molecular formula is C14H11FS. The molecule has 0 aromatic heterocycles. The highest BCUT2D eigenvalue weighted by Gasteiger charge is 2.15. The fraction of sp³-hybridized carbons (Fsp3) is 0.143. The van der Waals surface area contributed by atoms with Crippen molar-refractivity contribution < 1.29 is 4.39 Å². The zero-order valence-electron chi connectivity index (χ0n) is 8.74. The molecule has 0 atom stereocenters. The van der Waals surface area contributed by atoms with Crippen LogP contribution in [0.25, 0.3) is 0 Å². The first-order valence-corrected chi connectivity index (χ1v) is 6.30. The van der Waals surface area contributed by atoms with E-state index in [1.807, 2.05) is 18.2 Å². The van der Waals surface area contributed by atoms with Gasteiger partial charge in [-0.15, -0.1) is 11.8 Å². The minimum absolute atomic E-state index is 0.0715. The van der Waals surface area contributed by atoms with Gasteiger partial charge in [-0.1, -0.05) is 30.3 Å². The van der Waals surface area contributed by atoms with Crippen LogP contribution in [-0.4, -0.2) is 0 Å². The van der Waals surface area contributed by atoms with Crippen molar-refractivity contribution >= 4 is 11.8 Å². The van der Waals surface area contributed by atoms with Crippen LogP contribution in [0.3, 0.4) is 0 Å². The fourth-order valence-corrected chi connectivity index (χ4v) is 3.20. The third-order valence-corrected chi connectivity index (χ3v) is 4.08. The van der Waals surface area contributed by atoms with E-state index in [2.05, 4.69) is 12.1 Å². The standard InChI is InChI=1S/C14H11FS/c15-13-6-3-5-10-8-11-4-1-2-7-14(11)16-9-12(10)13/h1-7H,8-9H2. The second-order valence-corrected chi connectivity index (χ2v) is 4.97. The molecule has 16 heavy (non-hydrogen) atoms. The topological polar surface area (TPSA) is 0 Å². The highest BCUT2D eigenvalue weighted by Crippen LogP contribution is 2.34. The van der Waals surface area contributed by atoms with Crippen LogP contribution in [0.2, 0.25) is 0 Å². The molecule has 0 aliphatic carbocycles. The van der Waals surface area contributed by atoms with E-state index in [-0.39, 0.29) is 5.82 Å². The Hall–Kier alpha value is -1.28. The lowest BCUT2D eigenvalue weighted by atomic mass is 10.0. The molecule has 0 bridgehead atoms. The summed E-state index contributed by atoms with van der Waals surface area (Å²) < 4.78 is 13.7. The maximum atomic E-state index is 13.7. The van der Waals surface area contributed by atoms with Gasteiger partial charge in [0, 0.05) is 16.2 Å². The summed E-state index contributed by atoms with van der Waals surface area (Å²) in [5.41, 5.74) is 3.29. The van der Waals surface area contributed by atoms with Gasteiger partial charge >= 0.3 is 0 Å². The summed E-state index contributed by atoms with van der Waals surface area (Å²) in [6.45, 7) is 0. The molecule has 2 aromatic rings. The molecule has 0 spiro atoms. The summed E-state index contributed by atoms with van der Waals surface area (Å²) in [7, 11) is 0. The maximum Gasteiger partial charge on any atom is 0.127 e. The van der Waals surface area contributed by atoms with Crippen molar-refractivity contribution in [1.29, 1.82) is 0 Å². The number of fused-ring (bicyclic) bond motifs is 2. The molecule has 0 saturated carbocycles. The normalized spacial score (nSPS) is 13.8. The highest BCUT2D eigenvalue weighted by atomic mass is 32.2. The molecule has 0 amide bonds. The summed E-state index contributed by atoms with van der Waals surface area (Å²) in [5, 5.41) is 0. The van der Waals surface area contributed by atoms with Crippen LogP contribution in [0, 0.1) is 5.82 Å². The summed E-state index contributed by atoms with van der Waals surface area (Å²) in [6, 6.07) is 13.7. The number of hydrogen-bond acceptors (Lipinski definition) is 1. The fourth-order valence-electron chi connectivity index (χ4n) is 2.08. The summed E-state index contributed by atoms with van der Waals surface area (Å²) in [5.74, 6) is 0.664. The van der Waals surface area contributed by atoms with Gasteiger partial charge in [0.25, 0.3) is 0 Å². The van der Waals surface area contributed by atoms with Crippen molar-refractivity contribution in [3.63, 3.8) is 0 Å². The van der Waals surface area contributed by atoms with Gasteiger partial charge in [0.1, 0.15) is 5.82 Å². The van der Waals surface area contributed by atoms with Crippen LogP contribution >= 0.6 is 11.8 Å². The largest absolute Gasteiger partial charge is 0.207 e. The Morgan fingerprint density at radius 2 is 1.75 bits per heavy atom. The molecular weight excluding hydrogens is 219 g/mol. The van der Waals surface area contributed by atoms with Gasteiger partial charge in [0.2, 0.25) is 0 Å². The van der Waals surface area contributed by atoms with Crippen molar-refractivity contribution in [2.75, 3.05) is 0 Å². The van der Waals surface area contributed by atoms with Crippen molar-refractivity contribution in [2.45, 2.75) is 17.1 Å². The molecule has 0 saturated heterocycles. The first-order valence-electron chi connectivity index (χ1n) is 5.31. The van der Waals surface area contributed by atoms with E-state index in [1.165, 1.54) is 10.5 Å². The monoisotopic (exact) mass is 230 g/mol. The molecule has 1 aliphatic rings. The predicted octanol–water partition coefficient (Wildman–Crippen LogP) is 4.02. The van der Waals surface area contributed by atoms with E-state index in [0.717, 1.165) is 23.3 Å². The van der Waals surface area contributed by atoms with Crippen LogP contribution in [0.1, 0.15) is 16.7 Å². The lowest BCUT2D eigenvalue weighted by Crippen LogP contribution is -1.94. The average Bonchev–Trinajstić information content (AvgIpc) is 2.48. The lowest BCUT2D eigenvalue weighted by Gasteiger charge is -2.05. The van der Waals surface area contributed by atoms with Gasteiger partial charge in [-0.05, 0) is 29.7 Å². The first kappa shape index (κ1) is 9.91. The Balaban J connectivity index is 2.12. The van der Waals surface area contributed by atoms with Crippen molar-refractivity contribution in [3.8, 4) is 0 Å². The molecule has 2 aromatic carbocycles. The molecule has 2 heteroatoms. The molecule has 1 aliphatic heterocycles. The number of rotatable bonds is 0. The first-order chi connectivity index (χ1) is 7.84. The highest BCUT2D eigenvalue weighted by molar-refractivity contribution is 7.98. The van der Waals surface area contributed by atoms with Gasteiger partial charge in [-0.3, -0.25) is 0 Å². The number of hydrogen-bond donors (Lipinski definition) is 0. The minimum atomic E-state index is -0.0715. The number of thioether (sulfide) groups is 1. The van der Waals surface area contributed by atoms with Crippen molar-refractivity contribution in [2.24, 2.45) is 0 Å². The summed E-state index contributed by atoms with van der Waals surface area (Å²) in [4.78, 5) is 1.28. The van der Waals surface area contributed by atoms with Crippen LogP contribution < -0.4 is 0 Å². The van der Waals surface area contributed by atoms with Crippen LogP contribution in [0.15, 0.2) is 47.4 Å². The molecule has 1 heterocycles. The molecule has 3 rings (SSSR count). The van der Waals surface area contributed by atoms with Crippen LogP contribution in [-0.2, 0) is 12.2 Å². The Kier molecular flexibility index (Phi) is 2.44. The quantitative estimate of drug-likeness (QED) is 0.658. The molecule has 0 fully saturated rings. The van der Waals surface area contributed by atoms with Crippen LogP contribution in [0.4, 0.5) is 4.39 Å².